The summed E-state index contributed by atoms with van der Waals surface area (Å²) in [7, 11) is 0. The van der Waals surface area contributed by atoms with Gasteiger partial charge >= 0.3 is 0 Å². The van der Waals surface area contributed by atoms with E-state index in [2.05, 4.69) is 25.2 Å². The quantitative estimate of drug-likeness (QED) is 0.773. The Morgan fingerprint density at radius 3 is 2.58 bits per heavy atom. The molecule has 0 unspecified atom stereocenters. The summed E-state index contributed by atoms with van der Waals surface area (Å²) in [5.41, 5.74) is 6.01. The molecule has 0 aliphatic heterocycles. The zero-order chi connectivity index (χ0) is 14.5. The Labute approximate surface area is 115 Å². The van der Waals surface area contributed by atoms with Gasteiger partial charge < -0.3 is 15.8 Å². The van der Waals surface area contributed by atoms with Gasteiger partial charge in [-0.2, -0.15) is 0 Å². The van der Waals surface area contributed by atoms with Crippen LogP contribution in [0.4, 0.5) is 0 Å². The number of nitrogens with two attached hydrogens (primary N) is 1. The Morgan fingerprint density at radius 1 is 1.37 bits per heavy atom. The van der Waals surface area contributed by atoms with Crippen molar-refractivity contribution >= 4 is 5.91 Å². The maximum absolute atomic E-state index is 11.6. The summed E-state index contributed by atoms with van der Waals surface area (Å²) in [6.45, 7) is 8.49. The molecule has 0 saturated carbocycles. The molecule has 0 bridgehead atoms. The van der Waals surface area contributed by atoms with Crippen LogP contribution in [0.5, 0.6) is 5.75 Å². The summed E-state index contributed by atoms with van der Waals surface area (Å²) in [4.78, 5) is 11.6. The first-order valence-corrected chi connectivity index (χ1v) is 6.61. The standard InChI is InChI=1S/C15H24N2O2/c1-11(2)12-7-5-6-8-13(12)19-10-9-17-14(18)15(3,4)16/h5-8,11H,9-10,16H2,1-4H3,(H,17,18). The van der Waals surface area contributed by atoms with Crippen LogP contribution in [-0.4, -0.2) is 24.6 Å². The smallest absolute Gasteiger partial charge is 0.239 e. The first kappa shape index (κ1) is 15.5. The fourth-order valence-corrected chi connectivity index (χ4v) is 1.64. The number of hydrogen-bond acceptors (Lipinski definition) is 3. The molecule has 4 heteroatoms. The monoisotopic (exact) mass is 264 g/mol. The van der Waals surface area contributed by atoms with Crippen LogP contribution in [0.2, 0.25) is 0 Å². The van der Waals surface area contributed by atoms with Gasteiger partial charge in [0.25, 0.3) is 0 Å². The third-order valence-corrected chi connectivity index (χ3v) is 2.77. The van der Waals surface area contributed by atoms with Crippen molar-refractivity contribution in [2.75, 3.05) is 13.2 Å². The number of benzene rings is 1. The number of rotatable bonds is 6. The average Bonchev–Trinajstić information content (AvgIpc) is 2.33. The van der Waals surface area contributed by atoms with Gasteiger partial charge in [-0.1, -0.05) is 32.0 Å². The number of ether oxygens (including phenoxy) is 1. The summed E-state index contributed by atoms with van der Waals surface area (Å²) in [6.07, 6.45) is 0. The van der Waals surface area contributed by atoms with Gasteiger partial charge in [0.05, 0.1) is 12.1 Å². The molecule has 1 rings (SSSR count). The Hall–Kier alpha value is -1.55. The zero-order valence-electron chi connectivity index (χ0n) is 12.2. The lowest BCUT2D eigenvalue weighted by molar-refractivity contribution is -0.125. The predicted molar refractivity (Wildman–Crippen MR) is 77.3 cm³/mol. The molecule has 0 atom stereocenters. The van der Waals surface area contributed by atoms with Crippen LogP contribution in [0.25, 0.3) is 0 Å². The number of amides is 1. The fourth-order valence-electron chi connectivity index (χ4n) is 1.64. The molecule has 0 fully saturated rings. The van der Waals surface area contributed by atoms with Crippen LogP contribution in [0.15, 0.2) is 24.3 Å². The molecule has 3 N–H and O–H groups in total. The Bertz CT molecular complexity index is 422. The maximum atomic E-state index is 11.6. The normalized spacial score (nSPS) is 11.5. The maximum Gasteiger partial charge on any atom is 0.239 e. The molecule has 0 aliphatic rings. The third-order valence-electron chi connectivity index (χ3n) is 2.77. The second-order valence-electron chi connectivity index (χ2n) is 5.52. The Kier molecular flexibility index (Phi) is 5.36. The first-order chi connectivity index (χ1) is 8.82. The molecule has 1 aromatic rings. The van der Waals surface area contributed by atoms with Crippen LogP contribution < -0.4 is 15.8 Å². The van der Waals surface area contributed by atoms with Crippen molar-refractivity contribution < 1.29 is 9.53 Å². The summed E-state index contributed by atoms with van der Waals surface area (Å²) in [5, 5.41) is 2.75. The molecule has 0 aromatic heterocycles. The van der Waals surface area contributed by atoms with E-state index < -0.39 is 5.54 Å². The largest absolute Gasteiger partial charge is 0.491 e. The Morgan fingerprint density at radius 2 is 2.00 bits per heavy atom. The van der Waals surface area contributed by atoms with Gasteiger partial charge in [-0.15, -0.1) is 0 Å². The Balaban J connectivity index is 2.44. The molecule has 106 valence electrons. The zero-order valence-corrected chi connectivity index (χ0v) is 12.2. The van der Waals surface area contributed by atoms with Crippen LogP contribution in [0, 0.1) is 0 Å². The lowest BCUT2D eigenvalue weighted by Crippen LogP contribution is -2.49. The van der Waals surface area contributed by atoms with Crippen LogP contribution in [0.1, 0.15) is 39.2 Å². The van der Waals surface area contributed by atoms with Crippen molar-refractivity contribution in [2.45, 2.75) is 39.2 Å². The minimum absolute atomic E-state index is 0.173. The van der Waals surface area contributed by atoms with Gasteiger partial charge in [0, 0.05) is 0 Å². The number of carbonyl (C=O) groups excluding carboxylic acids is 1. The summed E-state index contributed by atoms with van der Waals surface area (Å²) < 4.78 is 5.71. The molecule has 0 spiro atoms. The minimum atomic E-state index is -0.851. The van der Waals surface area contributed by atoms with E-state index in [1.54, 1.807) is 13.8 Å². The van der Waals surface area contributed by atoms with Crippen LogP contribution in [-0.2, 0) is 4.79 Å². The van der Waals surface area contributed by atoms with Gasteiger partial charge in [-0.3, -0.25) is 4.79 Å². The van der Waals surface area contributed by atoms with Crippen molar-refractivity contribution in [1.82, 2.24) is 5.32 Å². The second-order valence-corrected chi connectivity index (χ2v) is 5.52. The molecule has 0 radical (unpaired) electrons. The third kappa shape index (κ3) is 4.91. The van der Waals surface area contributed by atoms with E-state index in [4.69, 9.17) is 10.5 Å². The van der Waals surface area contributed by atoms with Crippen LogP contribution in [0.3, 0.4) is 0 Å². The molecular formula is C15H24N2O2. The van der Waals surface area contributed by atoms with Gasteiger partial charge in [-0.25, -0.2) is 0 Å². The molecule has 0 aliphatic carbocycles. The average molecular weight is 264 g/mol. The predicted octanol–water partition coefficient (Wildman–Crippen LogP) is 2.04. The minimum Gasteiger partial charge on any atom is -0.491 e. The lowest BCUT2D eigenvalue weighted by atomic mass is 10.0. The van der Waals surface area contributed by atoms with E-state index in [-0.39, 0.29) is 5.91 Å². The number of nitrogens with one attached hydrogen (secondary N) is 1. The highest BCUT2D eigenvalue weighted by Crippen LogP contribution is 2.25. The van der Waals surface area contributed by atoms with Crippen molar-refractivity contribution in [3.8, 4) is 5.75 Å². The van der Waals surface area contributed by atoms with Crippen molar-refractivity contribution in [3.63, 3.8) is 0 Å². The van der Waals surface area contributed by atoms with Gasteiger partial charge in [0.2, 0.25) is 5.91 Å². The number of hydrogen-bond donors (Lipinski definition) is 2. The molecule has 0 saturated heterocycles. The lowest BCUT2D eigenvalue weighted by Gasteiger charge is -2.18. The van der Waals surface area contributed by atoms with Gasteiger partial charge in [0.15, 0.2) is 0 Å². The fraction of sp³-hybridized carbons (Fsp3) is 0.533. The summed E-state index contributed by atoms with van der Waals surface area (Å²) in [6, 6.07) is 7.95. The second kappa shape index (κ2) is 6.57. The topological polar surface area (TPSA) is 64.3 Å². The van der Waals surface area contributed by atoms with Gasteiger partial charge in [0.1, 0.15) is 12.4 Å². The molecule has 4 nitrogen and oxygen atoms in total. The summed E-state index contributed by atoms with van der Waals surface area (Å²) in [5.74, 6) is 1.11. The van der Waals surface area contributed by atoms with Crippen molar-refractivity contribution in [1.29, 1.82) is 0 Å². The number of carbonyl (C=O) groups is 1. The highest BCUT2D eigenvalue weighted by molar-refractivity contribution is 5.84. The number of para-hydroxylation sites is 1. The van der Waals surface area contributed by atoms with E-state index in [0.717, 1.165) is 5.75 Å². The first-order valence-electron chi connectivity index (χ1n) is 6.61. The van der Waals surface area contributed by atoms with Crippen LogP contribution >= 0.6 is 0 Å². The molecule has 1 amide bonds. The highest BCUT2D eigenvalue weighted by atomic mass is 16.5. The van der Waals surface area contributed by atoms with Crippen molar-refractivity contribution in [3.05, 3.63) is 29.8 Å². The molecule has 1 aromatic carbocycles. The SMILES string of the molecule is CC(C)c1ccccc1OCCNC(=O)C(C)(C)N. The van der Waals surface area contributed by atoms with Crippen molar-refractivity contribution in [2.24, 2.45) is 5.73 Å². The molecule has 0 heterocycles. The molecule has 19 heavy (non-hydrogen) atoms. The van der Waals surface area contributed by atoms with E-state index in [9.17, 15) is 4.79 Å². The summed E-state index contributed by atoms with van der Waals surface area (Å²) >= 11 is 0. The van der Waals surface area contributed by atoms with Gasteiger partial charge in [-0.05, 0) is 31.4 Å². The van der Waals surface area contributed by atoms with E-state index >= 15 is 0 Å². The molecular weight excluding hydrogens is 240 g/mol. The van der Waals surface area contributed by atoms with E-state index in [1.807, 2.05) is 18.2 Å². The van der Waals surface area contributed by atoms with E-state index in [0.29, 0.717) is 19.1 Å². The van der Waals surface area contributed by atoms with E-state index in [1.165, 1.54) is 5.56 Å². The highest BCUT2D eigenvalue weighted by Gasteiger charge is 2.20.